The average Bonchev–Trinajstić information content (AvgIpc) is 3.15. The molecule has 1 unspecified atom stereocenters. The first-order valence-corrected chi connectivity index (χ1v) is 11.4. The summed E-state index contributed by atoms with van der Waals surface area (Å²) in [6.45, 7) is 0.537. The van der Waals surface area contributed by atoms with Gasteiger partial charge in [0, 0.05) is 25.5 Å². The topological polar surface area (TPSA) is 65.1 Å². The highest BCUT2D eigenvalue weighted by Crippen LogP contribution is 2.35. The Morgan fingerprint density at radius 3 is 3.00 bits per heavy atom. The van der Waals surface area contributed by atoms with Crippen molar-refractivity contribution in [1.29, 1.82) is 0 Å². The van der Waals surface area contributed by atoms with E-state index >= 15 is 0 Å². The number of aromatic nitrogens is 4. The summed E-state index contributed by atoms with van der Waals surface area (Å²) in [6.07, 6.45) is 8.44. The number of ether oxygens (including phenoxy) is 1. The Labute approximate surface area is 154 Å². The third kappa shape index (κ3) is 3.14. The third-order valence-electron chi connectivity index (χ3n) is 3.63. The van der Waals surface area contributed by atoms with E-state index in [4.69, 9.17) is 16.3 Å². The van der Waals surface area contributed by atoms with Gasteiger partial charge in [0.2, 0.25) is 5.88 Å². The summed E-state index contributed by atoms with van der Waals surface area (Å²) in [5, 5.41) is 18.6. The number of hydrogen-bond donors (Lipinski definition) is 1. The zero-order valence-electron chi connectivity index (χ0n) is 13.0. The second-order valence-corrected chi connectivity index (χ2v) is 7.17. The van der Waals surface area contributed by atoms with Gasteiger partial charge in [-0.25, -0.2) is 9.13 Å². The van der Waals surface area contributed by atoms with Gasteiger partial charge in [0.1, 0.15) is 5.69 Å². The van der Waals surface area contributed by atoms with Crippen LogP contribution in [-0.2, 0) is 7.05 Å². The molecule has 0 spiro atoms. The lowest BCUT2D eigenvalue weighted by Crippen LogP contribution is -2.04. The Morgan fingerprint density at radius 2 is 2.29 bits per heavy atom. The van der Waals surface area contributed by atoms with Crippen LogP contribution in [0, 0.1) is 12.3 Å². The highest BCUT2D eigenvalue weighted by atomic mass is 127. The van der Waals surface area contributed by atoms with E-state index in [1.54, 1.807) is 10.9 Å². The van der Waals surface area contributed by atoms with Gasteiger partial charge in [0.25, 0.3) is 0 Å². The van der Waals surface area contributed by atoms with E-state index in [2.05, 4.69) is 38.2 Å². The van der Waals surface area contributed by atoms with Crippen molar-refractivity contribution in [2.24, 2.45) is 7.05 Å². The fourth-order valence-electron chi connectivity index (χ4n) is 2.49. The first kappa shape index (κ1) is 17.2. The molecule has 0 amide bonds. The molecule has 6 nitrogen and oxygen atoms in total. The van der Waals surface area contributed by atoms with Gasteiger partial charge in [-0.3, -0.25) is 0 Å². The lowest BCUT2D eigenvalue weighted by atomic mass is 10.1. The summed E-state index contributed by atoms with van der Waals surface area (Å²) in [4.78, 5) is 0. The molecule has 0 aliphatic rings. The maximum atomic E-state index is 8.92. The fraction of sp³-hybridized carbons (Fsp3) is 0.250. The molecule has 3 aromatic rings. The number of benzene rings is 1. The number of terminal acetylenes is 1. The minimum atomic E-state index is 0.0982. The predicted octanol–water partition coefficient (Wildman–Crippen LogP) is 2.97. The first-order valence-electron chi connectivity index (χ1n) is 7.31. The normalized spacial score (nSPS) is 11.4. The Morgan fingerprint density at radius 1 is 1.46 bits per heavy atom. The van der Waals surface area contributed by atoms with E-state index in [0.29, 0.717) is 31.0 Å². The molecule has 0 bridgehead atoms. The molecule has 0 aliphatic carbocycles. The van der Waals surface area contributed by atoms with Crippen LogP contribution in [0.1, 0.15) is 12.1 Å². The van der Waals surface area contributed by atoms with Crippen molar-refractivity contribution in [2.75, 3.05) is 13.2 Å². The van der Waals surface area contributed by atoms with Gasteiger partial charge in [-0.2, -0.15) is 10.2 Å². The maximum Gasteiger partial charge on any atom is 0.219 e. The molecule has 0 fully saturated rings. The van der Waals surface area contributed by atoms with Crippen LogP contribution < -0.4 is 4.74 Å². The highest BCUT2D eigenvalue weighted by molar-refractivity contribution is 14.2. The molecule has 0 radical (unpaired) electrons. The number of aliphatic hydroxyl groups excluding tert-OH is 1. The van der Waals surface area contributed by atoms with Crippen molar-refractivity contribution in [3.05, 3.63) is 30.1 Å². The van der Waals surface area contributed by atoms with Gasteiger partial charge in [0.15, 0.2) is 0 Å². The van der Waals surface area contributed by atoms with Crippen molar-refractivity contribution in [2.45, 2.75) is 6.42 Å². The van der Waals surface area contributed by atoms with E-state index in [1.807, 2.05) is 29.7 Å². The Balaban J connectivity index is 2.06. The quantitative estimate of drug-likeness (QED) is 0.269. The molecule has 0 saturated heterocycles. The van der Waals surface area contributed by atoms with Crippen LogP contribution in [0.15, 0.2) is 24.4 Å². The molecule has 24 heavy (non-hydrogen) atoms. The van der Waals surface area contributed by atoms with Crippen molar-refractivity contribution >= 4 is 39.3 Å². The summed E-state index contributed by atoms with van der Waals surface area (Å²) < 4.78 is 9.38. The summed E-state index contributed by atoms with van der Waals surface area (Å²) >= 11 is 2.28. The van der Waals surface area contributed by atoms with Gasteiger partial charge < -0.3 is 9.84 Å². The van der Waals surface area contributed by atoms with Gasteiger partial charge in [-0.15, -0.1) is 6.42 Å². The highest BCUT2D eigenvalue weighted by Gasteiger charge is 2.15. The standard InChI is InChI=1S/C16H16IN4O2P/c1-3-14-12-9-11(5-6-15(12)21(19-14)24-17)13-10-18-20(2)16(13)23-8-4-7-22/h1,5-6,9-10,22,24H,4,7-8H2,2H3. The molecular formula is C16H16IN4O2P. The molecule has 1 N–H and O–H groups in total. The Bertz CT molecular complexity index is 913. The Hall–Kier alpha value is -1.62. The van der Waals surface area contributed by atoms with Crippen molar-refractivity contribution in [3.8, 4) is 29.4 Å². The predicted molar refractivity (Wildman–Crippen MR) is 105 cm³/mol. The van der Waals surface area contributed by atoms with Crippen molar-refractivity contribution in [3.63, 3.8) is 0 Å². The van der Waals surface area contributed by atoms with Crippen LogP contribution in [0.4, 0.5) is 0 Å². The molecule has 2 aromatic heterocycles. The lowest BCUT2D eigenvalue weighted by molar-refractivity contribution is 0.224. The summed E-state index contributed by atoms with van der Waals surface area (Å²) in [5.41, 5.74) is 3.53. The second kappa shape index (κ2) is 7.51. The lowest BCUT2D eigenvalue weighted by Gasteiger charge is -2.08. The van der Waals surface area contributed by atoms with Crippen LogP contribution in [0.2, 0.25) is 0 Å². The SMILES string of the molecule is C#Cc1nn(PI)c2ccc(-c3cnn(C)c3OCCCO)cc12. The Kier molecular flexibility index (Phi) is 5.39. The summed E-state index contributed by atoms with van der Waals surface area (Å²) in [7, 11) is 1.83. The van der Waals surface area contributed by atoms with E-state index < -0.39 is 0 Å². The smallest absolute Gasteiger partial charge is 0.219 e. The number of halogens is 1. The number of aryl methyl sites for hydroxylation is 1. The molecule has 1 aromatic carbocycles. The van der Waals surface area contributed by atoms with Gasteiger partial charge in [-0.05, 0) is 45.7 Å². The largest absolute Gasteiger partial charge is 0.477 e. The molecular weight excluding hydrogens is 438 g/mol. The first-order chi connectivity index (χ1) is 11.7. The molecule has 0 aliphatic heterocycles. The summed E-state index contributed by atoms with van der Waals surface area (Å²) in [5.74, 6) is 3.33. The second-order valence-electron chi connectivity index (χ2n) is 5.13. The number of fused-ring (bicyclic) bond motifs is 1. The zero-order valence-corrected chi connectivity index (χ0v) is 16.2. The number of nitrogens with zero attached hydrogens (tertiary/aromatic N) is 4. The van der Waals surface area contributed by atoms with Crippen LogP contribution in [0.3, 0.4) is 0 Å². The molecule has 8 heteroatoms. The van der Waals surface area contributed by atoms with Crippen LogP contribution in [0.5, 0.6) is 5.88 Å². The van der Waals surface area contributed by atoms with Crippen molar-refractivity contribution < 1.29 is 9.84 Å². The van der Waals surface area contributed by atoms with Crippen LogP contribution in [0.25, 0.3) is 22.0 Å². The van der Waals surface area contributed by atoms with Crippen LogP contribution in [-0.4, -0.2) is 37.7 Å². The maximum absolute atomic E-state index is 8.92. The van der Waals surface area contributed by atoms with E-state index in [1.165, 1.54) is 0 Å². The molecule has 2 heterocycles. The third-order valence-corrected chi connectivity index (χ3v) is 5.51. The molecule has 0 saturated carbocycles. The summed E-state index contributed by atoms with van der Waals surface area (Å²) in [6, 6.07) is 6.07. The number of aliphatic hydroxyl groups is 1. The number of rotatable bonds is 6. The van der Waals surface area contributed by atoms with E-state index in [0.717, 1.165) is 22.0 Å². The molecule has 124 valence electrons. The zero-order chi connectivity index (χ0) is 17.1. The average molecular weight is 454 g/mol. The van der Waals surface area contributed by atoms with Gasteiger partial charge in [0.05, 0.1) is 30.3 Å². The van der Waals surface area contributed by atoms with Gasteiger partial charge >= 0.3 is 0 Å². The van der Waals surface area contributed by atoms with Crippen molar-refractivity contribution in [1.82, 2.24) is 19.3 Å². The number of hydrogen-bond acceptors (Lipinski definition) is 4. The molecule has 1 atom stereocenters. The van der Waals surface area contributed by atoms with E-state index in [9.17, 15) is 0 Å². The van der Waals surface area contributed by atoms with Gasteiger partial charge in [-0.1, -0.05) is 6.07 Å². The van der Waals surface area contributed by atoms with Crippen LogP contribution >= 0.6 is 28.4 Å². The monoisotopic (exact) mass is 454 g/mol. The minimum absolute atomic E-state index is 0.0982. The minimum Gasteiger partial charge on any atom is -0.477 e. The molecule has 3 rings (SSSR count). The fourth-order valence-corrected chi connectivity index (χ4v) is 4.01. The van der Waals surface area contributed by atoms with E-state index in [-0.39, 0.29) is 6.61 Å².